The van der Waals surface area contributed by atoms with Gasteiger partial charge < -0.3 is 21.1 Å². The molecule has 3 aromatic heterocycles. The lowest BCUT2D eigenvalue weighted by Crippen LogP contribution is -2.45. The Morgan fingerprint density at radius 3 is 2.82 bits per heavy atom. The summed E-state index contributed by atoms with van der Waals surface area (Å²) in [6.07, 6.45) is 15.9. The number of nitrogens with two attached hydrogens (primary N) is 1. The average Bonchev–Trinajstić information content (AvgIpc) is 3.53. The number of rotatable bonds is 6. The lowest BCUT2D eigenvalue weighted by Gasteiger charge is -2.42. The zero-order chi connectivity index (χ0) is 26.3. The Labute approximate surface area is 230 Å². The van der Waals surface area contributed by atoms with Crippen LogP contribution in [0.3, 0.4) is 0 Å². The Balaban J connectivity index is 1.22. The van der Waals surface area contributed by atoms with Crippen LogP contribution in [0.5, 0.6) is 0 Å². The molecule has 4 heterocycles. The lowest BCUT2D eigenvalue weighted by atomic mass is 9.73. The van der Waals surface area contributed by atoms with E-state index in [9.17, 15) is 0 Å². The van der Waals surface area contributed by atoms with E-state index in [1.54, 1.807) is 12.4 Å². The average molecular weight is 546 g/mol. The number of halogens is 1. The van der Waals surface area contributed by atoms with Crippen LogP contribution in [-0.4, -0.2) is 50.7 Å². The number of aromatic nitrogens is 4. The number of nitrogens with one attached hydrogen (secondary N) is 1. The molecule has 1 saturated heterocycles. The van der Waals surface area contributed by atoms with Gasteiger partial charge in [0, 0.05) is 60.9 Å². The van der Waals surface area contributed by atoms with Gasteiger partial charge >= 0.3 is 0 Å². The second-order valence-corrected chi connectivity index (χ2v) is 11.3. The number of benzene rings is 1. The van der Waals surface area contributed by atoms with Gasteiger partial charge in [0.25, 0.3) is 0 Å². The molecule has 8 nitrogen and oxygen atoms in total. The summed E-state index contributed by atoms with van der Waals surface area (Å²) in [7, 11) is 0. The Morgan fingerprint density at radius 2 is 2.03 bits per heavy atom. The molecular weight excluding hydrogens is 518 g/mol. The molecular formula is C28H28ClN7OS. The number of hydrogen-bond acceptors (Lipinski definition) is 8. The summed E-state index contributed by atoms with van der Waals surface area (Å²) in [6.45, 7) is 2.11. The number of hydrogen-bond donors (Lipinski definition) is 3. The van der Waals surface area contributed by atoms with Crippen LogP contribution in [0.1, 0.15) is 35.6 Å². The van der Waals surface area contributed by atoms with Crippen molar-refractivity contribution in [2.24, 2.45) is 11.1 Å². The summed E-state index contributed by atoms with van der Waals surface area (Å²) in [5.41, 5.74) is 11.1. The van der Waals surface area contributed by atoms with Crippen LogP contribution >= 0.6 is 23.4 Å². The molecule has 6 rings (SSSR count). The van der Waals surface area contributed by atoms with Gasteiger partial charge in [0.15, 0.2) is 5.65 Å². The van der Waals surface area contributed by atoms with Gasteiger partial charge in [0.05, 0.1) is 16.5 Å². The van der Waals surface area contributed by atoms with E-state index in [1.165, 1.54) is 22.9 Å². The van der Waals surface area contributed by atoms with Crippen LogP contribution in [0.4, 0.5) is 11.8 Å². The van der Waals surface area contributed by atoms with Crippen LogP contribution in [0.15, 0.2) is 58.8 Å². The first-order chi connectivity index (χ1) is 18.5. The first-order valence-corrected chi connectivity index (χ1v) is 13.8. The highest BCUT2D eigenvalue weighted by molar-refractivity contribution is 7.99. The highest BCUT2D eigenvalue weighted by atomic mass is 35.5. The van der Waals surface area contributed by atoms with Gasteiger partial charge in [0.1, 0.15) is 5.82 Å². The van der Waals surface area contributed by atoms with E-state index in [-0.39, 0.29) is 18.1 Å². The largest absolute Gasteiger partial charge is 0.395 e. The van der Waals surface area contributed by atoms with Gasteiger partial charge in [0.2, 0.25) is 5.95 Å². The fourth-order valence-electron chi connectivity index (χ4n) is 5.72. The van der Waals surface area contributed by atoms with Crippen LogP contribution in [0.25, 0.3) is 5.65 Å². The van der Waals surface area contributed by atoms with Gasteiger partial charge in [-0.1, -0.05) is 35.3 Å². The molecule has 0 bridgehead atoms. The van der Waals surface area contributed by atoms with Gasteiger partial charge in [-0.25, -0.2) is 15.0 Å². The fourth-order valence-corrected chi connectivity index (χ4v) is 6.92. The molecule has 1 spiro atoms. The Kier molecular flexibility index (Phi) is 6.66. The highest BCUT2D eigenvalue weighted by Crippen LogP contribution is 2.51. The molecule has 1 aliphatic carbocycles. The van der Waals surface area contributed by atoms with Crippen molar-refractivity contribution >= 4 is 40.8 Å². The van der Waals surface area contributed by atoms with Gasteiger partial charge in [-0.05, 0) is 54.0 Å². The number of anilines is 2. The van der Waals surface area contributed by atoms with Gasteiger partial charge in [-0.3, -0.25) is 4.40 Å². The molecule has 1 aliphatic heterocycles. The van der Waals surface area contributed by atoms with Gasteiger partial charge in [-0.2, -0.15) is 0 Å². The maximum absolute atomic E-state index is 9.11. The minimum absolute atomic E-state index is 0.00134. The van der Waals surface area contributed by atoms with E-state index < -0.39 is 0 Å². The summed E-state index contributed by atoms with van der Waals surface area (Å²) < 4.78 is 2.04. The van der Waals surface area contributed by atoms with Crippen LogP contribution in [0.2, 0.25) is 5.02 Å². The number of terminal acetylenes is 1. The van der Waals surface area contributed by atoms with Crippen molar-refractivity contribution in [3.63, 3.8) is 0 Å². The number of imidazole rings is 1. The third-order valence-corrected chi connectivity index (χ3v) is 9.30. The van der Waals surface area contributed by atoms with Crippen LogP contribution < -0.4 is 16.0 Å². The lowest BCUT2D eigenvalue weighted by molar-refractivity contribution is 0.186. The maximum atomic E-state index is 9.11. The molecule has 0 saturated carbocycles. The molecule has 1 atom stereocenters. The number of pyridine rings is 1. The third-order valence-electron chi connectivity index (χ3n) is 7.74. The third kappa shape index (κ3) is 4.28. The highest BCUT2D eigenvalue weighted by Gasteiger charge is 2.46. The zero-order valence-corrected chi connectivity index (χ0v) is 22.3. The Bertz CT molecular complexity index is 1540. The minimum Gasteiger partial charge on any atom is -0.395 e. The molecule has 2 aliphatic rings. The topological polar surface area (TPSA) is 105 Å². The van der Waals surface area contributed by atoms with E-state index in [0.717, 1.165) is 59.3 Å². The van der Waals surface area contributed by atoms with Crippen molar-refractivity contribution < 1.29 is 5.11 Å². The molecule has 0 radical (unpaired) electrons. The summed E-state index contributed by atoms with van der Waals surface area (Å²) in [5, 5.41) is 12.7. The van der Waals surface area contributed by atoms with Crippen molar-refractivity contribution in [1.29, 1.82) is 0 Å². The second-order valence-electron chi connectivity index (χ2n) is 9.83. The van der Waals surface area contributed by atoms with Crippen molar-refractivity contribution in [3.05, 3.63) is 70.8 Å². The molecule has 1 fully saturated rings. The van der Waals surface area contributed by atoms with E-state index >= 15 is 0 Å². The maximum Gasteiger partial charge on any atom is 0.211 e. The number of aliphatic hydroxyl groups is 1. The molecule has 0 amide bonds. The standard InChI is InChI=1S/C28H28ClN7OS/c1-2-18-3-4-20-19(15-18)16-28(24(20)30)6-11-35(12-7-28)27-34-17-22(26-33-9-13-36(26)27)38-21-5-8-31-25(23(21)29)32-10-14-37/h1,3-5,8-9,13,15,17,24,37H,6-7,10-12,14,16,30H2,(H,31,32)/t24-/m1/s1. The van der Waals surface area contributed by atoms with E-state index in [1.807, 2.05) is 28.9 Å². The predicted molar refractivity (Wildman–Crippen MR) is 151 cm³/mol. The number of fused-ring (bicyclic) bond motifs is 2. The SMILES string of the molecule is C#Cc1ccc2c(c1)CC1(CCN(c3ncc(Sc4ccnc(NCCO)c4Cl)c4nccn34)CC1)[C@@H]2N. The minimum atomic E-state index is -0.00134. The quantitative estimate of drug-likeness (QED) is 0.310. The normalized spacial score (nSPS) is 18.1. The fraction of sp³-hybridized carbons (Fsp3) is 0.321. The first-order valence-electron chi connectivity index (χ1n) is 12.6. The zero-order valence-electron chi connectivity index (χ0n) is 20.8. The van der Waals surface area contributed by atoms with E-state index in [2.05, 4.69) is 38.2 Å². The summed E-state index contributed by atoms with van der Waals surface area (Å²) in [5.74, 6) is 4.17. The molecule has 1 aromatic carbocycles. The van der Waals surface area contributed by atoms with Crippen LogP contribution in [0, 0.1) is 17.8 Å². The van der Waals surface area contributed by atoms with Crippen molar-refractivity contribution in [2.45, 2.75) is 35.1 Å². The van der Waals surface area contributed by atoms with Gasteiger partial charge in [-0.15, -0.1) is 6.42 Å². The van der Waals surface area contributed by atoms with Crippen molar-refractivity contribution in [3.8, 4) is 12.3 Å². The number of nitrogens with zero attached hydrogens (tertiary/aromatic N) is 5. The summed E-state index contributed by atoms with van der Waals surface area (Å²) >= 11 is 8.08. The number of piperidine rings is 1. The Morgan fingerprint density at radius 1 is 1.18 bits per heavy atom. The molecule has 4 N–H and O–H groups in total. The molecule has 38 heavy (non-hydrogen) atoms. The predicted octanol–water partition coefficient (Wildman–Crippen LogP) is 4.16. The Hall–Kier alpha value is -3.29. The monoisotopic (exact) mass is 545 g/mol. The van der Waals surface area contributed by atoms with Crippen molar-refractivity contribution in [2.75, 3.05) is 36.5 Å². The number of aliphatic hydroxyl groups excluding tert-OH is 1. The molecule has 4 aromatic rings. The molecule has 194 valence electrons. The van der Waals surface area contributed by atoms with E-state index in [0.29, 0.717) is 17.4 Å². The van der Waals surface area contributed by atoms with Crippen molar-refractivity contribution in [1.82, 2.24) is 19.4 Å². The second kappa shape index (κ2) is 10.1. The summed E-state index contributed by atoms with van der Waals surface area (Å²) in [4.78, 5) is 17.8. The van der Waals surface area contributed by atoms with E-state index in [4.69, 9.17) is 33.8 Å². The summed E-state index contributed by atoms with van der Waals surface area (Å²) in [6, 6.07) is 8.13. The first kappa shape index (κ1) is 25.0. The molecule has 0 unspecified atom stereocenters. The van der Waals surface area contributed by atoms with Crippen LogP contribution in [-0.2, 0) is 6.42 Å². The smallest absolute Gasteiger partial charge is 0.211 e. The molecule has 10 heteroatoms.